The van der Waals surface area contributed by atoms with Gasteiger partial charge in [0, 0.05) is 44.6 Å². The average Bonchev–Trinajstić information content (AvgIpc) is 3.18. The molecule has 6 nitrogen and oxygen atoms in total. The van der Waals surface area contributed by atoms with E-state index in [2.05, 4.69) is 31.2 Å². The van der Waals surface area contributed by atoms with Crippen LogP contribution < -0.4 is 5.43 Å². The van der Waals surface area contributed by atoms with Gasteiger partial charge in [-0.2, -0.15) is 0 Å². The topological polar surface area (TPSA) is 62.6 Å². The molecule has 1 atom stereocenters. The third kappa shape index (κ3) is 6.03. The molecule has 1 aromatic heterocycles. The van der Waals surface area contributed by atoms with Crippen molar-refractivity contribution < 1.29 is 9.59 Å². The Morgan fingerprint density at radius 2 is 1.40 bits per heavy atom. The number of hydrogen-bond donors (Lipinski definition) is 0. The molecule has 0 unspecified atom stereocenters. The van der Waals surface area contributed by atoms with Crippen LogP contribution in [-0.4, -0.2) is 52.4 Å². The van der Waals surface area contributed by atoms with Crippen molar-refractivity contribution in [2.75, 3.05) is 26.2 Å². The second-order valence-corrected chi connectivity index (χ2v) is 10.3. The number of nitrogens with zero attached hydrogens (tertiary/aromatic N) is 3. The molecule has 2 fully saturated rings. The Balaban J connectivity index is 1.54. The average molecular weight is 478 g/mol. The number of piperidine rings is 1. The maximum absolute atomic E-state index is 13.5. The number of hydrogen-bond acceptors (Lipinski definition) is 3. The second kappa shape index (κ2) is 11.7. The summed E-state index contributed by atoms with van der Waals surface area (Å²) in [4.78, 5) is 44.0. The molecule has 0 saturated carbocycles. The van der Waals surface area contributed by atoms with Gasteiger partial charge in [-0.1, -0.05) is 50.1 Å². The fraction of sp³-hybridized carbons (Fsp3) is 0.552. The zero-order chi connectivity index (χ0) is 24.8. The van der Waals surface area contributed by atoms with Crippen LogP contribution in [0.2, 0.25) is 0 Å². The summed E-state index contributed by atoms with van der Waals surface area (Å²) in [5.41, 5.74) is 1.17. The smallest absolute Gasteiger partial charge is 0.259 e. The van der Waals surface area contributed by atoms with Crippen LogP contribution in [0.15, 0.2) is 47.5 Å². The molecule has 0 bridgehead atoms. The highest BCUT2D eigenvalue weighted by atomic mass is 16.2. The van der Waals surface area contributed by atoms with Gasteiger partial charge >= 0.3 is 0 Å². The van der Waals surface area contributed by atoms with Gasteiger partial charge in [0.1, 0.15) is 11.1 Å². The van der Waals surface area contributed by atoms with Crippen LogP contribution >= 0.6 is 0 Å². The van der Waals surface area contributed by atoms with Gasteiger partial charge in [-0.3, -0.25) is 14.4 Å². The molecule has 2 aliphatic rings. The number of aromatic nitrogens is 1. The van der Waals surface area contributed by atoms with Crippen molar-refractivity contribution in [2.24, 2.45) is 5.92 Å². The summed E-state index contributed by atoms with van der Waals surface area (Å²) in [6.07, 6.45) is 11.2. The molecule has 2 saturated heterocycles. The van der Waals surface area contributed by atoms with E-state index in [9.17, 15) is 14.4 Å². The first kappa shape index (κ1) is 25.2. The number of benzene rings is 1. The van der Waals surface area contributed by atoms with Crippen LogP contribution in [-0.2, 0) is 6.42 Å². The lowest BCUT2D eigenvalue weighted by molar-refractivity contribution is 0.0688. The molecule has 6 heteroatoms. The molecule has 2 aliphatic heterocycles. The predicted molar refractivity (Wildman–Crippen MR) is 139 cm³/mol. The zero-order valence-corrected chi connectivity index (χ0v) is 21.2. The standard InChI is InChI=1S/C29H39N3O3/c1-3-22(2)32-20-25(28(34)30-15-9-4-5-10-16-30)27(33)26(21-32)29(35)31-17-13-24(14-18-31)19-23-11-7-6-8-12-23/h6-8,11-12,20-22,24H,3-5,9-10,13-19H2,1-2H3/t22-/m1/s1. The third-order valence-corrected chi connectivity index (χ3v) is 7.77. The number of amides is 2. The second-order valence-electron chi connectivity index (χ2n) is 10.3. The maximum Gasteiger partial charge on any atom is 0.259 e. The van der Waals surface area contributed by atoms with Crippen LogP contribution in [0.25, 0.3) is 0 Å². The quantitative estimate of drug-likeness (QED) is 0.593. The van der Waals surface area contributed by atoms with Crippen molar-refractivity contribution in [1.29, 1.82) is 0 Å². The van der Waals surface area contributed by atoms with Crippen molar-refractivity contribution in [3.63, 3.8) is 0 Å². The van der Waals surface area contributed by atoms with Gasteiger partial charge in [0.05, 0.1) is 0 Å². The van der Waals surface area contributed by atoms with Gasteiger partial charge in [0.25, 0.3) is 11.8 Å². The molecule has 35 heavy (non-hydrogen) atoms. The van der Waals surface area contributed by atoms with Crippen LogP contribution in [0.4, 0.5) is 0 Å². The first-order valence-corrected chi connectivity index (χ1v) is 13.4. The van der Waals surface area contributed by atoms with E-state index in [0.717, 1.165) is 51.4 Å². The summed E-state index contributed by atoms with van der Waals surface area (Å²) in [5.74, 6) is 0.0649. The highest BCUT2D eigenvalue weighted by Gasteiger charge is 2.29. The lowest BCUT2D eigenvalue weighted by Gasteiger charge is -2.32. The van der Waals surface area contributed by atoms with Crippen molar-refractivity contribution in [3.05, 3.63) is 69.6 Å². The number of carbonyl (C=O) groups excluding carboxylic acids is 2. The lowest BCUT2D eigenvalue weighted by atomic mass is 9.90. The number of carbonyl (C=O) groups is 2. The normalized spacial score (nSPS) is 18.2. The zero-order valence-electron chi connectivity index (χ0n) is 21.2. The van der Waals surface area contributed by atoms with Crippen molar-refractivity contribution >= 4 is 11.8 Å². The molecule has 0 spiro atoms. The molecule has 0 radical (unpaired) electrons. The summed E-state index contributed by atoms with van der Waals surface area (Å²) in [6.45, 7) is 6.75. The van der Waals surface area contributed by atoms with E-state index < -0.39 is 5.43 Å². The molecule has 3 heterocycles. The summed E-state index contributed by atoms with van der Waals surface area (Å²) in [6, 6.07) is 10.6. The third-order valence-electron chi connectivity index (χ3n) is 7.77. The Morgan fingerprint density at radius 3 is 1.94 bits per heavy atom. The van der Waals surface area contributed by atoms with E-state index in [1.165, 1.54) is 5.56 Å². The minimum atomic E-state index is -0.421. The van der Waals surface area contributed by atoms with E-state index in [1.807, 2.05) is 17.6 Å². The highest BCUT2D eigenvalue weighted by Crippen LogP contribution is 2.23. The van der Waals surface area contributed by atoms with Gasteiger partial charge in [0.2, 0.25) is 5.43 Å². The van der Waals surface area contributed by atoms with Crippen LogP contribution in [0.1, 0.15) is 91.1 Å². The Kier molecular flexibility index (Phi) is 8.42. The monoisotopic (exact) mass is 477 g/mol. The van der Waals surface area contributed by atoms with Crippen LogP contribution in [0.5, 0.6) is 0 Å². The number of rotatable bonds is 6. The summed E-state index contributed by atoms with van der Waals surface area (Å²) < 4.78 is 1.89. The molecule has 188 valence electrons. The van der Waals surface area contributed by atoms with Crippen molar-refractivity contribution in [2.45, 2.75) is 71.3 Å². The van der Waals surface area contributed by atoms with E-state index in [1.54, 1.807) is 22.2 Å². The van der Waals surface area contributed by atoms with E-state index in [4.69, 9.17) is 0 Å². The first-order chi connectivity index (χ1) is 17.0. The fourth-order valence-corrected chi connectivity index (χ4v) is 5.27. The Morgan fingerprint density at radius 1 is 0.857 bits per heavy atom. The largest absolute Gasteiger partial charge is 0.350 e. The molecule has 4 rings (SSSR count). The summed E-state index contributed by atoms with van der Waals surface area (Å²) >= 11 is 0. The molecule has 0 aliphatic carbocycles. The minimum absolute atomic E-state index is 0.0921. The summed E-state index contributed by atoms with van der Waals surface area (Å²) in [5, 5.41) is 0. The van der Waals surface area contributed by atoms with E-state index >= 15 is 0 Å². The SMILES string of the molecule is CC[C@@H](C)n1cc(C(=O)N2CCCCCC2)c(=O)c(C(=O)N2CCC(Cc3ccccc3)CC2)c1. The van der Waals surface area contributed by atoms with Gasteiger partial charge in [0.15, 0.2) is 0 Å². The van der Waals surface area contributed by atoms with Gasteiger partial charge in [-0.15, -0.1) is 0 Å². The molecular formula is C29H39N3O3. The fourth-order valence-electron chi connectivity index (χ4n) is 5.27. The first-order valence-electron chi connectivity index (χ1n) is 13.4. The number of pyridine rings is 1. The van der Waals surface area contributed by atoms with E-state index in [0.29, 0.717) is 32.1 Å². The molecular weight excluding hydrogens is 438 g/mol. The Bertz CT molecular complexity index is 1060. The summed E-state index contributed by atoms with van der Waals surface area (Å²) in [7, 11) is 0. The van der Waals surface area contributed by atoms with Gasteiger partial charge in [-0.05, 0) is 56.9 Å². The van der Waals surface area contributed by atoms with E-state index in [-0.39, 0.29) is 29.0 Å². The Labute approximate surface area is 208 Å². The highest BCUT2D eigenvalue weighted by molar-refractivity contribution is 5.99. The molecule has 2 amide bonds. The predicted octanol–water partition coefficient (Wildman–Crippen LogP) is 4.93. The Hall–Kier alpha value is -2.89. The molecule has 0 N–H and O–H groups in total. The number of likely N-dealkylation sites (tertiary alicyclic amines) is 2. The lowest BCUT2D eigenvalue weighted by Crippen LogP contribution is -2.42. The van der Waals surface area contributed by atoms with Crippen LogP contribution in [0, 0.1) is 5.92 Å². The van der Waals surface area contributed by atoms with Gasteiger partial charge < -0.3 is 14.4 Å². The van der Waals surface area contributed by atoms with Crippen molar-refractivity contribution in [3.8, 4) is 0 Å². The molecule has 1 aromatic carbocycles. The maximum atomic E-state index is 13.5. The minimum Gasteiger partial charge on any atom is -0.350 e. The van der Waals surface area contributed by atoms with Crippen LogP contribution in [0.3, 0.4) is 0 Å². The van der Waals surface area contributed by atoms with Crippen molar-refractivity contribution in [1.82, 2.24) is 14.4 Å². The molecule has 2 aromatic rings. The van der Waals surface area contributed by atoms with Gasteiger partial charge in [-0.25, -0.2) is 0 Å².